The van der Waals surface area contributed by atoms with Crippen molar-refractivity contribution in [3.63, 3.8) is 0 Å². The summed E-state index contributed by atoms with van der Waals surface area (Å²) in [7, 11) is -1.68. The van der Waals surface area contributed by atoms with Gasteiger partial charge in [-0.25, -0.2) is 26.6 Å². The van der Waals surface area contributed by atoms with Gasteiger partial charge in [-0.15, -0.1) is 0 Å². The number of nitrogens with zero attached hydrogens (tertiary/aromatic N) is 3. The lowest BCUT2D eigenvalue weighted by Gasteiger charge is -2.30. The Balaban J connectivity index is 1.52. The Hall–Kier alpha value is -3.88. The van der Waals surface area contributed by atoms with Gasteiger partial charge in [-0.1, -0.05) is 0 Å². The number of aromatic nitrogens is 3. The summed E-state index contributed by atoms with van der Waals surface area (Å²) in [4.78, 5) is 3.65. The van der Waals surface area contributed by atoms with Crippen LogP contribution in [0.15, 0.2) is 41.4 Å². The van der Waals surface area contributed by atoms with E-state index in [1.807, 2.05) is 18.6 Å². The molecule has 242 valence electrons. The molecular weight excluding hydrogens is 609 g/mol. The molecule has 0 saturated heterocycles. The second-order valence-corrected chi connectivity index (χ2v) is 13.1. The van der Waals surface area contributed by atoms with Crippen molar-refractivity contribution in [2.24, 2.45) is 0 Å². The Labute approximate surface area is 260 Å². The van der Waals surface area contributed by atoms with Crippen LogP contribution in [-0.4, -0.2) is 56.6 Å². The van der Waals surface area contributed by atoms with Crippen molar-refractivity contribution >= 4 is 32.4 Å². The van der Waals surface area contributed by atoms with Crippen molar-refractivity contribution < 1.29 is 31.1 Å². The summed E-state index contributed by atoms with van der Waals surface area (Å²) < 4.78 is 85.3. The fourth-order valence-corrected chi connectivity index (χ4v) is 7.03. The van der Waals surface area contributed by atoms with Crippen LogP contribution in [-0.2, 0) is 14.8 Å². The average molecular weight is 647 g/mol. The van der Waals surface area contributed by atoms with Crippen LogP contribution in [0.1, 0.15) is 57.1 Å². The van der Waals surface area contributed by atoms with Gasteiger partial charge in [0.05, 0.1) is 30.3 Å². The molecule has 0 unspecified atom stereocenters. The number of fused-ring (bicyclic) bond motifs is 1. The minimum Gasteiger partial charge on any atom is -0.497 e. The van der Waals surface area contributed by atoms with E-state index in [4.69, 9.17) is 15.2 Å². The van der Waals surface area contributed by atoms with Gasteiger partial charge < -0.3 is 20.5 Å². The summed E-state index contributed by atoms with van der Waals surface area (Å²) >= 11 is 0. The van der Waals surface area contributed by atoms with Gasteiger partial charge in [-0.3, -0.25) is 9.40 Å². The largest absolute Gasteiger partial charge is 0.497 e. The topological polar surface area (TPSA) is 133 Å². The van der Waals surface area contributed by atoms with E-state index in [2.05, 4.69) is 15.4 Å². The van der Waals surface area contributed by atoms with Crippen LogP contribution >= 0.6 is 0 Å². The second kappa shape index (κ2) is 13.2. The number of nitrogens with two attached hydrogens (primary N) is 1. The number of halogens is 3. The first-order chi connectivity index (χ1) is 21.4. The maximum absolute atomic E-state index is 15.8. The highest BCUT2D eigenvalue weighted by Crippen LogP contribution is 2.42. The van der Waals surface area contributed by atoms with Gasteiger partial charge in [0.15, 0.2) is 0 Å². The fraction of sp³-hybridized carbons (Fsp3) is 0.419. The smallest absolute Gasteiger partial charge is 0.265 e. The molecule has 2 heterocycles. The van der Waals surface area contributed by atoms with E-state index in [0.29, 0.717) is 29.6 Å². The van der Waals surface area contributed by atoms with Crippen LogP contribution in [0, 0.1) is 17.5 Å². The number of anilines is 2. The van der Waals surface area contributed by atoms with Crippen molar-refractivity contribution in [3.05, 3.63) is 59.5 Å². The van der Waals surface area contributed by atoms with E-state index in [0.717, 1.165) is 56.0 Å². The molecule has 1 aliphatic rings. The number of rotatable bonds is 11. The minimum absolute atomic E-state index is 0.0729. The molecular formula is C31H37F3N6O4S. The number of pyridine rings is 1. The molecule has 2 aromatic carbocycles. The molecule has 0 radical (unpaired) electrons. The van der Waals surface area contributed by atoms with E-state index in [-0.39, 0.29) is 34.8 Å². The van der Waals surface area contributed by atoms with Gasteiger partial charge in [-0.05, 0) is 69.2 Å². The molecule has 2 aromatic heterocycles. The highest BCUT2D eigenvalue weighted by Gasteiger charge is 2.30. The molecule has 45 heavy (non-hydrogen) atoms. The highest BCUT2D eigenvalue weighted by atomic mass is 32.2. The molecule has 0 amide bonds. The van der Waals surface area contributed by atoms with Gasteiger partial charge in [0.2, 0.25) is 0 Å². The molecule has 0 atom stereocenters. The first-order valence-electron chi connectivity index (χ1n) is 14.7. The zero-order chi connectivity index (χ0) is 32.5. The maximum Gasteiger partial charge on any atom is 0.265 e. The van der Waals surface area contributed by atoms with Gasteiger partial charge in [-0.2, -0.15) is 5.10 Å². The lowest BCUT2D eigenvalue weighted by Crippen LogP contribution is -2.34. The van der Waals surface area contributed by atoms with Crippen LogP contribution in [0.3, 0.4) is 0 Å². The molecule has 4 aromatic rings. The van der Waals surface area contributed by atoms with Crippen molar-refractivity contribution in [2.75, 3.05) is 37.8 Å². The third kappa shape index (κ3) is 6.58. The van der Waals surface area contributed by atoms with E-state index in [1.54, 1.807) is 18.0 Å². The van der Waals surface area contributed by atoms with E-state index >= 15 is 8.78 Å². The van der Waals surface area contributed by atoms with Gasteiger partial charge >= 0.3 is 0 Å². The van der Waals surface area contributed by atoms with Gasteiger partial charge in [0, 0.05) is 49.6 Å². The minimum atomic E-state index is -4.64. The van der Waals surface area contributed by atoms with Crippen LogP contribution in [0.5, 0.6) is 5.75 Å². The Morgan fingerprint density at radius 1 is 1.04 bits per heavy atom. The summed E-state index contributed by atoms with van der Waals surface area (Å²) in [5.74, 6) is -2.78. The molecule has 4 N–H and O–H groups in total. The zero-order valence-electron chi connectivity index (χ0n) is 25.5. The zero-order valence-corrected chi connectivity index (χ0v) is 26.3. The number of nitrogen functional groups attached to an aromatic ring is 1. The van der Waals surface area contributed by atoms with E-state index in [1.165, 1.54) is 13.2 Å². The molecule has 0 aliphatic heterocycles. The number of ether oxygens (including phenoxy) is 2. The SMILES string of the molecule is COCCN[C@H]1CC[C@H](c2cnc(N)c3c(-c4cc(F)c(NS(=O)(=O)c5cc(OC)ccc5F)cc4F)nn(C(C)C)c32)CC1. The van der Waals surface area contributed by atoms with Crippen molar-refractivity contribution in [1.82, 2.24) is 20.1 Å². The van der Waals surface area contributed by atoms with Crippen LogP contribution < -0.4 is 20.5 Å². The third-order valence-electron chi connectivity index (χ3n) is 8.16. The lowest BCUT2D eigenvalue weighted by atomic mass is 9.81. The predicted octanol–water partition coefficient (Wildman–Crippen LogP) is 5.75. The molecule has 14 heteroatoms. The van der Waals surface area contributed by atoms with Crippen LogP contribution in [0.4, 0.5) is 24.7 Å². The number of methoxy groups -OCH3 is 2. The quantitative estimate of drug-likeness (QED) is 0.176. The van der Waals surface area contributed by atoms with Gasteiger partial charge in [0.25, 0.3) is 10.0 Å². The Morgan fingerprint density at radius 2 is 1.78 bits per heavy atom. The Bertz CT molecular complexity index is 1810. The summed E-state index contributed by atoms with van der Waals surface area (Å²) in [6.07, 6.45) is 5.46. The van der Waals surface area contributed by atoms with E-state index < -0.39 is 38.1 Å². The molecule has 10 nitrogen and oxygen atoms in total. The second-order valence-electron chi connectivity index (χ2n) is 11.4. The first-order valence-corrected chi connectivity index (χ1v) is 16.2. The number of sulfonamides is 1. The summed E-state index contributed by atoms with van der Waals surface area (Å²) in [5.41, 5.74) is 7.18. The predicted molar refractivity (Wildman–Crippen MR) is 166 cm³/mol. The van der Waals surface area contributed by atoms with Gasteiger partial charge in [0.1, 0.15) is 39.6 Å². The van der Waals surface area contributed by atoms with Crippen molar-refractivity contribution in [1.29, 1.82) is 0 Å². The molecule has 0 spiro atoms. The monoisotopic (exact) mass is 646 g/mol. The Morgan fingerprint density at radius 3 is 2.44 bits per heavy atom. The Kier molecular flexibility index (Phi) is 9.56. The maximum atomic E-state index is 15.8. The molecule has 1 saturated carbocycles. The average Bonchev–Trinajstić information content (AvgIpc) is 3.41. The highest BCUT2D eigenvalue weighted by molar-refractivity contribution is 7.92. The molecule has 5 rings (SSSR count). The molecule has 1 aliphatic carbocycles. The molecule has 1 fully saturated rings. The van der Waals surface area contributed by atoms with Crippen LogP contribution in [0.25, 0.3) is 22.2 Å². The number of hydrogen-bond acceptors (Lipinski definition) is 8. The standard InChI is InChI=1S/C31H37F3N6O4S/c1-17(2)40-30-22(18-5-7-19(8-6-18)36-11-12-43-3)16-37-31(35)28(30)29(38-40)21-14-25(34)26(15-24(21)33)39-45(41,42)27-13-20(44-4)9-10-23(27)32/h9-10,13-19,36,39H,5-8,11-12H2,1-4H3,(H2,35,37)/t18-,19-. The molecule has 0 bridgehead atoms. The number of nitrogens with one attached hydrogen (secondary N) is 2. The summed E-state index contributed by atoms with van der Waals surface area (Å²) in [5, 5.41) is 8.60. The number of benzene rings is 2. The number of hydrogen-bond donors (Lipinski definition) is 3. The summed E-state index contributed by atoms with van der Waals surface area (Å²) in [6.45, 7) is 5.28. The first kappa shape index (κ1) is 32.5. The lowest BCUT2D eigenvalue weighted by molar-refractivity contribution is 0.191. The van der Waals surface area contributed by atoms with E-state index in [9.17, 15) is 12.8 Å². The van der Waals surface area contributed by atoms with Crippen LogP contribution in [0.2, 0.25) is 0 Å². The summed E-state index contributed by atoms with van der Waals surface area (Å²) in [6, 6.07) is 4.88. The normalized spacial score (nSPS) is 17.2. The fourth-order valence-electron chi connectivity index (χ4n) is 5.88. The van der Waals surface area contributed by atoms with Crippen molar-refractivity contribution in [3.8, 4) is 17.0 Å². The van der Waals surface area contributed by atoms with Crippen molar-refractivity contribution in [2.45, 2.75) is 62.4 Å². The third-order valence-corrected chi connectivity index (χ3v) is 9.54.